The van der Waals surface area contributed by atoms with Crippen LogP contribution in [0.5, 0.6) is 0 Å². The molecule has 6 nitrogen and oxygen atoms in total. The summed E-state index contributed by atoms with van der Waals surface area (Å²) in [6.45, 7) is 5.59. The molecule has 0 aromatic heterocycles. The Hall–Kier alpha value is -2.77. The molecule has 0 saturated carbocycles. The van der Waals surface area contributed by atoms with Crippen molar-refractivity contribution in [3.63, 3.8) is 0 Å². The van der Waals surface area contributed by atoms with Crippen molar-refractivity contribution in [3.8, 4) is 0 Å². The first-order valence-electron chi connectivity index (χ1n) is 11.6. The quantitative estimate of drug-likeness (QED) is 0.374. The fourth-order valence-corrected chi connectivity index (χ4v) is 3.07. The molecular weight excluding hydrogens is 430 g/mol. The zero-order chi connectivity index (χ0) is 25.3. The number of rotatable bonds is 0. The summed E-state index contributed by atoms with van der Waals surface area (Å²) < 4.78 is 0. The maximum Gasteiger partial charge on any atom is 0.244 e. The lowest BCUT2D eigenvalue weighted by Crippen LogP contribution is -2.41. The molecule has 6 atom stereocenters. The average Bonchev–Trinajstić information content (AvgIpc) is 2.79. The van der Waals surface area contributed by atoms with Crippen LogP contribution in [-0.2, 0) is 4.79 Å². The summed E-state index contributed by atoms with van der Waals surface area (Å²) >= 11 is 0. The number of aliphatic hydroxyl groups is 4. The van der Waals surface area contributed by atoms with E-state index in [1.165, 1.54) is 12.2 Å². The monoisotopic (exact) mass is 469 g/mol. The van der Waals surface area contributed by atoms with Crippen LogP contribution < -0.4 is 5.32 Å². The molecule has 1 rings (SSSR count). The lowest BCUT2D eigenvalue weighted by Gasteiger charge is -2.26. The number of carbonyl (C=O) groups is 1. The number of hydrogen-bond acceptors (Lipinski definition) is 5. The minimum absolute atomic E-state index is 0.00398. The molecule has 0 aromatic rings. The number of nitrogens with one attached hydrogen (secondary N) is 1. The molecule has 0 aliphatic carbocycles. The molecule has 5 N–H and O–H groups in total. The second-order valence-electron chi connectivity index (χ2n) is 8.45. The van der Waals surface area contributed by atoms with Gasteiger partial charge in [0.25, 0.3) is 0 Å². The van der Waals surface area contributed by atoms with Gasteiger partial charge in [0.2, 0.25) is 5.91 Å². The lowest BCUT2D eigenvalue weighted by molar-refractivity contribution is -0.117. The maximum atomic E-state index is 12.0. The Morgan fingerprint density at radius 3 is 2.21 bits per heavy atom. The topological polar surface area (TPSA) is 110 Å². The van der Waals surface area contributed by atoms with Crippen LogP contribution >= 0.6 is 0 Å². The van der Waals surface area contributed by atoms with Gasteiger partial charge in [-0.25, -0.2) is 0 Å². The van der Waals surface area contributed by atoms with Crippen LogP contribution in [0.1, 0.15) is 33.6 Å². The Morgan fingerprint density at radius 1 is 0.794 bits per heavy atom. The van der Waals surface area contributed by atoms with E-state index < -0.39 is 30.3 Å². The van der Waals surface area contributed by atoms with Gasteiger partial charge in [-0.15, -0.1) is 0 Å². The van der Waals surface area contributed by atoms with Crippen molar-refractivity contribution >= 4 is 5.91 Å². The van der Waals surface area contributed by atoms with Gasteiger partial charge in [0.1, 0.15) is 6.10 Å². The van der Waals surface area contributed by atoms with Gasteiger partial charge in [-0.2, -0.15) is 0 Å². The number of amides is 1. The Labute approximate surface area is 203 Å². The number of carbonyl (C=O) groups excluding carboxylic acids is 1. The van der Waals surface area contributed by atoms with Gasteiger partial charge in [0.05, 0.1) is 18.3 Å². The summed E-state index contributed by atoms with van der Waals surface area (Å²) in [4.78, 5) is 12.0. The zero-order valence-corrected chi connectivity index (χ0v) is 20.2. The van der Waals surface area contributed by atoms with Crippen LogP contribution in [0.25, 0.3) is 0 Å². The minimum atomic E-state index is -1.41. The predicted molar refractivity (Wildman–Crippen MR) is 138 cm³/mol. The molecule has 1 aliphatic heterocycles. The number of allylic oxidation sites excluding steroid dienone is 12. The first kappa shape index (κ1) is 29.3. The van der Waals surface area contributed by atoms with Crippen molar-refractivity contribution in [1.29, 1.82) is 0 Å². The number of hydrogen-bond donors (Lipinski definition) is 5. The molecule has 6 heteroatoms. The third-order valence-corrected chi connectivity index (χ3v) is 5.16. The standard InChI is InChI=1S/C28H39NO5/c1-21-14-8-4-6-10-17-23(3)29-26(32)19-11-7-5-9-16-22(2)27(33)28(34)25(31)20-24(30)18-13-12-15-21/h4-16,18-19,22-25,27-28,30-31,33-34H,17,20H2,1-3H3,(H,29,32)/b7-5+,8-4+,10-6-,15-12+,16-9+,18-13-,19-11+,21-14+. The van der Waals surface area contributed by atoms with E-state index in [0.29, 0.717) is 6.42 Å². The molecule has 0 aromatic carbocycles. The summed E-state index contributed by atoms with van der Waals surface area (Å²) in [5, 5.41) is 43.8. The molecule has 6 unspecified atom stereocenters. The third-order valence-electron chi connectivity index (χ3n) is 5.16. The van der Waals surface area contributed by atoms with Gasteiger partial charge in [-0.1, -0.05) is 97.6 Å². The van der Waals surface area contributed by atoms with Crippen LogP contribution in [0.2, 0.25) is 0 Å². The molecule has 0 spiro atoms. The summed E-state index contributed by atoms with van der Waals surface area (Å²) in [5.41, 5.74) is 1.01. The lowest BCUT2D eigenvalue weighted by atomic mass is 9.93. The van der Waals surface area contributed by atoms with E-state index in [4.69, 9.17) is 0 Å². The van der Waals surface area contributed by atoms with Crippen molar-refractivity contribution in [2.24, 2.45) is 5.92 Å². The highest BCUT2D eigenvalue weighted by atomic mass is 16.4. The Morgan fingerprint density at radius 2 is 1.44 bits per heavy atom. The van der Waals surface area contributed by atoms with Crippen LogP contribution in [0.15, 0.2) is 96.7 Å². The Kier molecular flexibility index (Phi) is 14.4. The molecule has 0 fully saturated rings. The van der Waals surface area contributed by atoms with Crippen LogP contribution in [0.3, 0.4) is 0 Å². The normalized spacial score (nSPS) is 38.9. The first-order chi connectivity index (χ1) is 16.2. The van der Waals surface area contributed by atoms with Gasteiger partial charge >= 0.3 is 0 Å². The van der Waals surface area contributed by atoms with Crippen LogP contribution in [0.4, 0.5) is 0 Å². The van der Waals surface area contributed by atoms with Crippen molar-refractivity contribution in [3.05, 3.63) is 96.7 Å². The van der Waals surface area contributed by atoms with Gasteiger partial charge < -0.3 is 25.7 Å². The van der Waals surface area contributed by atoms with Crippen LogP contribution in [-0.4, -0.2) is 56.8 Å². The van der Waals surface area contributed by atoms with E-state index in [1.807, 2.05) is 50.3 Å². The largest absolute Gasteiger partial charge is 0.390 e. The van der Waals surface area contributed by atoms with E-state index in [0.717, 1.165) is 5.57 Å². The summed E-state index contributed by atoms with van der Waals surface area (Å²) in [6.07, 6.45) is 22.1. The van der Waals surface area contributed by atoms with Crippen molar-refractivity contribution < 1.29 is 25.2 Å². The molecule has 34 heavy (non-hydrogen) atoms. The number of aliphatic hydroxyl groups excluding tert-OH is 4. The van der Waals surface area contributed by atoms with Gasteiger partial charge in [0.15, 0.2) is 0 Å². The van der Waals surface area contributed by atoms with Crippen LogP contribution in [0, 0.1) is 5.92 Å². The van der Waals surface area contributed by atoms with E-state index in [9.17, 15) is 25.2 Å². The van der Waals surface area contributed by atoms with Gasteiger partial charge in [0, 0.05) is 24.5 Å². The van der Waals surface area contributed by atoms with Gasteiger partial charge in [-0.05, 0) is 20.3 Å². The SMILES string of the molecule is CC1=C\C=C\C=C/CC(C)NC(=O)/C=C/C=C/C=C/C(C)C(O)C(O)C(O)CC(O)/C=C\C=C\1. The van der Waals surface area contributed by atoms with E-state index in [1.54, 1.807) is 49.5 Å². The average molecular weight is 470 g/mol. The molecule has 1 aliphatic rings. The second kappa shape index (κ2) is 16.8. The molecule has 0 bridgehead atoms. The molecular formula is C28H39NO5. The highest BCUT2D eigenvalue weighted by Gasteiger charge is 2.28. The van der Waals surface area contributed by atoms with Gasteiger partial charge in [-0.3, -0.25) is 4.79 Å². The zero-order valence-electron chi connectivity index (χ0n) is 20.2. The molecule has 0 radical (unpaired) electrons. The molecule has 1 heterocycles. The van der Waals surface area contributed by atoms with E-state index in [-0.39, 0.29) is 18.4 Å². The molecule has 1 amide bonds. The highest BCUT2D eigenvalue weighted by Crippen LogP contribution is 2.15. The van der Waals surface area contributed by atoms with Crippen molar-refractivity contribution in [2.45, 2.75) is 64.1 Å². The minimum Gasteiger partial charge on any atom is -0.390 e. The maximum absolute atomic E-state index is 12.0. The molecule has 0 saturated heterocycles. The van der Waals surface area contributed by atoms with Crippen molar-refractivity contribution in [2.75, 3.05) is 0 Å². The fraction of sp³-hybridized carbons (Fsp3) is 0.393. The summed E-state index contributed by atoms with van der Waals surface area (Å²) in [5.74, 6) is -0.623. The van der Waals surface area contributed by atoms with Crippen molar-refractivity contribution in [1.82, 2.24) is 5.32 Å². The first-order valence-corrected chi connectivity index (χ1v) is 11.6. The fourth-order valence-electron chi connectivity index (χ4n) is 3.07. The smallest absolute Gasteiger partial charge is 0.244 e. The summed E-state index contributed by atoms with van der Waals surface area (Å²) in [6, 6.07) is -0.00398. The van der Waals surface area contributed by atoms with E-state index in [2.05, 4.69) is 5.32 Å². The second-order valence-corrected chi connectivity index (χ2v) is 8.45. The predicted octanol–water partition coefficient (Wildman–Crippen LogP) is 3.20. The van der Waals surface area contributed by atoms with E-state index >= 15 is 0 Å². The Bertz CT molecular complexity index is 847. The molecule has 186 valence electrons. The summed E-state index contributed by atoms with van der Waals surface area (Å²) in [7, 11) is 0. The Balaban J connectivity index is 2.94. The third kappa shape index (κ3) is 13.1. The highest BCUT2D eigenvalue weighted by molar-refractivity contribution is 5.87.